The van der Waals surface area contributed by atoms with E-state index in [2.05, 4.69) is 26.9 Å². The van der Waals surface area contributed by atoms with E-state index in [-0.39, 0.29) is 11.1 Å². The highest BCUT2D eigenvalue weighted by molar-refractivity contribution is 6.32. The summed E-state index contributed by atoms with van der Waals surface area (Å²) in [6, 6.07) is 20.5. The number of H-pyrrole nitrogens is 2. The highest BCUT2D eigenvalue weighted by Gasteiger charge is 2.14. The van der Waals surface area contributed by atoms with Gasteiger partial charge in [0.2, 0.25) is 0 Å². The number of nitrogens with zero attached hydrogens (tertiary/aromatic N) is 2. The normalized spacial score (nSPS) is 11.0. The summed E-state index contributed by atoms with van der Waals surface area (Å²) in [7, 11) is 0. The van der Waals surface area contributed by atoms with Crippen molar-refractivity contribution in [3.05, 3.63) is 114 Å². The second-order valence-corrected chi connectivity index (χ2v) is 12.4. The van der Waals surface area contributed by atoms with E-state index in [9.17, 15) is 9.59 Å². The van der Waals surface area contributed by atoms with E-state index in [4.69, 9.17) is 61.6 Å². The third kappa shape index (κ3) is 8.66. The maximum absolute atomic E-state index is 12.4. The van der Waals surface area contributed by atoms with Crippen molar-refractivity contribution in [3.63, 3.8) is 0 Å². The molecule has 0 amide bonds. The van der Waals surface area contributed by atoms with Crippen molar-refractivity contribution in [2.24, 2.45) is 5.73 Å². The van der Waals surface area contributed by atoms with Gasteiger partial charge in [-0.15, -0.1) is 0 Å². The zero-order valence-corrected chi connectivity index (χ0v) is 28.8. The van der Waals surface area contributed by atoms with Gasteiger partial charge in [0.15, 0.2) is 0 Å². The number of aromatic nitrogens is 4. The predicted octanol–water partition coefficient (Wildman–Crippen LogP) is 8.70. The lowest BCUT2D eigenvalue weighted by atomic mass is 10.1. The SMILES string of the molecule is CCCCOc1ccc(Cl)cc1-c1nc2ccc(Cl)cc2c(=O)[nH]1.NCCCOc1ccc(Cl)cc1-c1nc2ccc(Cl)cc2c(=O)[nH]1. The van der Waals surface area contributed by atoms with Gasteiger partial charge >= 0.3 is 0 Å². The van der Waals surface area contributed by atoms with Crippen LogP contribution in [0.25, 0.3) is 44.6 Å². The maximum Gasteiger partial charge on any atom is 0.259 e. The molecule has 0 spiro atoms. The fourth-order valence-corrected chi connectivity index (χ4v) is 5.38. The minimum atomic E-state index is -0.273. The number of hydrogen-bond donors (Lipinski definition) is 3. The fourth-order valence-electron chi connectivity index (χ4n) is 4.70. The summed E-state index contributed by atoms with van der Waals surface area (Å²) in [6.45, 7) is 3.70. The third-order valence-electron chi connectivity index (χ3n) is 7.09. The number of nitrogens with one attached hydrogen (secondary N) is 2. The number of ether oxygens (including phenoxy) is 2. The topological polar surface area (TPSA) is 136 Å². The fraction of sp³-hybridized carbons (Fsp3) is 0.200. The molecule has 0 aliphatic heterocycles. The second-order valence-electron chi connectivity index (χ2n) is 10.6. The first-order chi connectivity index (χ1) is 23.2. The number of nitrogens with two attached hydrogens (primary N) is 1. The van der Waals surface area contributed by atoms with Crippen molar-refractivity contribution < 1.29 is 9.47 Å². The molecule has 248 valence electrons. The molecule has 4 aromatic carbocycles. The van der Waals surface area contributed by atoms with E-state index in [1.165, 1.54) is 0 Å². The number of hydrogen-bond acceptors (Lipinski definition) is 7. The van der Waals surface area contributed by atoms with Gasteiger partial charge in [-0.3, -0.25) is 9.59 Å². The van der Waals surface area contributed by atoms with E-state index in [1.807, 2.05) is 0 Å². The van der Waals surface area contributed by atoms with Crippen LogP contribution in [0.2, 0.25) is 20.1 Å². The van der Waals surface area contributed by atoms with Crippen molar-refractivity contribution in [1.29, 1.82) is 0 Å². The Bertz CT molecular complexity index is 2030. The summed E-state index contributed by atoms with van der Waals surface area (Å²) in [4.78, 5) is 39.3. The van der Waals surface area contributed by atoms with Crippen LogP contribution in [0.1, 0.15) is 26.2 Å². The largest absolute Gasteiger partial charge is 0.493 e. The molecule has 6 aromatic rings. The molecule has 13 heteroatoms. The Labute approximate surface area is 296 Å². The highest BCUT2D eigenvalue weighted by atomic mass is 35.5. The molecule has 0 radical (unpaired) electrons. The van der Waals surface area contributed by atoms with Crippen LogP contribution in [0.4, 0.5) is 0 Å². The molecular formula is C35H31Cl4N5O4. The molecule has 0 aliphatic rings. The van der Waals surface area contributed by atoms with Gasteiger partial charge in [0.05, 0.1) is 46.1 Å². The molecule has 0 saturated heterocycles. The zero-order valence-electron chi connectivity index (χ0n) is 25.8. The van der Waals surface area contributed by atoms with Crippen LogP contribution in [0.15, 0.2) is 82.4 Å². The van der Waals surface area contributed by atoms with Crippen LogP contribution in [0.5, 0.6) is 11.5 Å². The molecule has 0 bridgehead atoms. The van der Waals surface area contributed by atoms with Crippen LogP contribution >= 0.6 is 46.4 Å². The number of benzene rings is 4. The Morgan fingerprint density at radius 2 is 1.04 bits per heavy atom. The van der Waals surface area contributed by atoms with Gasteiger partial charge < -0.3 is 25.2 Å². The van der Waals surface area contributed by atoms with Gasteiger partial charge in [-0.05, 0) is 92.2 Å². The van der Waals surface area contributed by atoms with Crippen molar-refractivity contribution in [3.8, 4) is 34.3 Å². The van der Waals surface area contributed by atoms with E-state index < -0.39 is 0 Å². The van der Waals surface area contributed by atoms with Crippen molar-refractivity contribution in [2.75, 3.05) is 19.8 Å². The molecule has 2 heterocycles. The lowest BCUT2D eigenvalue weighted by Crippen LogP contribution is -2.11. The Kier molecular flexibility index (Phi) is 12.0. The van der Waals surface area contributed by atoms with Gasteiger partial charge in [-0.2, -0.15) is 0 Å². The van der Waals surface area contributed by atoms with Crippen LogP contribution in [-0.4, -0.2) is 39.7 Å². The molecule has 0 saturated carbocycles. The van der Waals surface area contributed by atoms with Crippen molar-refractivity contribution >= 4 is 68.2 Å². The molecule has 9 nitrogen and oxygen atoms in total. The van der Waals surface area contributed by atoms with Crippen LogP contribution in [0, 0.1) is 0 Å². The van der Waals surface area contributed by atoms with E-state index in [0.29, 0.717) is 95.9 Å². The van der Waals surface area contributed by atoms with Gasteiger partial charge in [0.25, 0.3) is 11.1 Å². The number of halogens is 4. The molecular weight excluding hydrogens is 696 g/mol. The Morgan fingerprint density at radius 3 is 1.48 bits per heavy atom. The van der Waals surface area contributed by atoms with E-state index >= 15 is 0 Å². The molecule has 0 fully saturated rings. The van der Waals surface area contributed by atoms with Gasteiger partial charge in [0, 0.05) is 20.1 Å². The number of unbranched alkanes of at least 4 members (excludes halogenated alkanes) is 1. The van der Waals surface area contributed by atoms with Gasteiger partial charge in [-0.1, -0.05) is 59.7 Å². The van der Waals surface area contributed by atoms with Crippen LogP contribution < -0.4 is 26.3 Å². The van der Waals surface area contributed by atoms with Crippen LogP contribution in [0.3, 0.4) is 0 Å². The molecule has 2 aromatic heterocycles. The second kappa shape index (κ2) is 16.3. The van der Waals surface area contributed by atoms with E-state index in [1.54, 1.807) is 72.8 Å². The number of rotatable bonds is 10. The molecule has 0 aliphatic carbocycles. The first kappa shape index (κ1) is 35.2. The molecule has 0 atom stereocenters. The Hall–Kier alpha value is -4.12. The summed E-state index contributed by atoms with van der Waals surface area (Å²) in [5.74, 6) is 2.04. The summed E-state index contributed by atoms with van der Waals surface area (Å²) < 4.78 is 11.6. The molecule has 0 unspecified atom stereocenters. The first-order valence-corrected chi connectivity index (χ1v) is 16.6. The summed E-state index contributed by atoms with van der Waals surface area (Å²) >= 11 is 24.1. The first-order valence-electron chi connectivity index (χ1n) is 15.1. The number of aromatic amines is 2. The van der Waals surface area contributed by atoms with Crippen molar-refractivity contribution in [2.45, 2.75) is 26.2 Å². The number of fused-ring (bicyclic) bond motifs is 2. The zero-order chi connectivity index (χ0) is 34.2. The van der Waals surface area contributed by atoms with Crippen LogP contribution in [-0.2, 0) is 0 Å². The minimum Gasteiger partial charge on any atom is -0.493 e. The average Bonchev–Trinajstić information content (AvgIpc) is 3.07. The predicted molar refractivity (Wildman–Crippen MR) is 195 cm³/mol. The standard InChI is InChI=1S/C18H16Cl2N2O2.C17H15Cl2N3O2/c1-2-3-8-24-16-7-5-12(20)10-14(16)17-21-15-6-4-11(19)9-13(15)18(23)22-17;18-10-2-4-14-12(8-10)17(23)22-16(21-14)13-9-11(19)3-5-15(13)24-7-1-6-20/h4-7,9-10H,2-3,8H2,1H3,(H,21,22,23);2-5,8-9H,1,6-7,20H2,(H,21,22,23). The highest BCUT2D eigenvalue weighted by Crippen LogP contribution is 2.32. The summed E-state index contributed by atoms with van der Waals surface area (Å²) in [6.07, 6.45) is 2.71. The van der Waals surface area contributed by atoms with Gasteiger partial charge in [-0.25, -0.2) is 9.97 Å². The lowest BCUT2D eigenvalue weighted by Gasteiger charge is -2.12. The summed E-state index contributed by atoms with van der Waals surface area (Å²) in [5.41, 5.74) is 7.36. The van der Waals surface area contributed by atoms with E-state index in [0.717, 1.165) is 19.3 Å². The average molecular weight is 727 g/mol. The molecule has 6 rings (SSSR count). The summed E-state index contributed by atoms with van der Waals surface area (Å²) in [5, 5.41) is 2.92. The molecule has 48 heavy (non-hydrogen) atoms. The monoisotopic (exact) mass is 725 g/mol. The van der Waals surface area contributed by atoms with Gasteiger partial charge in [0.1, 0.15) is 23.1 Å². The lowest BCUT2D eigenvalue weighted by molar-refractivity contribution is 0.310. The third-order valence-corrected chi connectivity index (χ3v) is 8.03. The Morgan fingerprint density at radius 1 is 0.625 bits per heavy atom. The quantitative estimate of drug-likeness (QED) is 0.120. The maximum atomic E-state index is 12.4. The smallest absolute Gasteiger partial charge is 0.259 e. The van der Waals surface area contributed by atoms with Crippen molar-refractivity contribution in [1.82, 2.24) is 19.9 Å². The minimum absolute atomic E-state index is 0.253. The Balaban J connectivity index is 0.000000188. The molecule has 4 N–H and O–H groups in total.